The van der Waals surface area contributed by atoms with E-state index in [4.69, 9.17) is 15.8 Å². The molecule has 0 aliphatic carbocycles. The second kappa shape index (κ2) is 6.67. The highest BCUT2D eigenvalue weighted by atomic mass is 19.3. The third kappa shape index (κ3) is 3.41. The van der Waals surface area contributed by atoms with Crippen molar-refractivity contribution in [2.45, 2.75) is 6.61 Å². The molecule has 0 aliphatic heterocycles. The van der Waals surface area contributed by atoms with Crippen LogP contribution in [0, 0.1) is 39.8 Å². The Hall–Kier alpha value is -3.18. The number of allylic oxidation sites excluding steroid dienone is 2. The summed E-state index contributed by atoms with van der Waals surface area (Å²) in [4.78, 5) is 0. The number of nitrogens with zero attached hydrogens (tertiary/aromatic N) is 3. The summed E-state index contributed by atoms with van der Waals surface area (Å²) >= 11 is 0. The Kier molecular flexibility index (Phi) is 4.96. The molecule has 20 heavy (non-hydrogen) atoms. The SMILES string of the molecule is N#CC(C#N)=C(C#N)Nc1cccc(F)c1OC(F)F. The molecule has 0 aliphatic rings. The largest absolute Gasteiger partial charge is 0.429 e. The van der Waals surface area contributed by atoms with Crippen LogP contribution in [-0.2, 0) is 0 Å². The average Bonchev–Trinajstić information content (AvgIpc) is 2.42. The molecular weight excluding hydrogens is 273 g/mol. The van der Waals surface area contributed by atoms with Gasteiger partial charge in [0.1, 0.15) is 23.9 Å². The highest BCUT2D eigenvalue weighted by Crippen LogP contribution is 2.30. The molecule has 1 rings (SSSR count). The summed E-state index contributed by atoms with van der Waals surface area (Å²) in [5.41, 5.74) is -1.37. The Morgan fingerprint density at radius 1 is 1.15 bits per heavy atom. The molecule has 5 nitrogen and oxygen atoms in total. The maximum absolute atomic E-state index is 13.4. The molecule has 0 aromatic heterocycles. The first-order chi connectivity index (χ1) is 9.53. The van der Waals surface area contributed by atoms with E-state index in [9.17, 15) is 13.2 Å². The molecule has 0 heterocycles. The van der Waals surface area contributed by atoms with Crippen LogP contribution < -0.4 is 10.1 Å². The van der Waals surface area contributed by atoms with E-state index in [-0.39, 0.29) is 5.69 Å². The van der Waals surface area contributed by atoms with Crippen LogP contribution in [0.2, 0.25) is 0 Å². The van der Waals surface area contributed by atoms with E-state index in [0.717, 1.165) is 12.1 Å². The Bertz CT molecular complexity index is 649. The van der Waals surface area contributed by atoms with Crippen molar-refractivity contribution >= 4 is 5.69 Å². The number of alkyl halides is 2. The Labute approximate surface area is 111 Å². The van der Waals surface area contributed by atoms with Crippen molar-refractivity contribution < 1.29 is 17.9 Å². The van der Waals surface area contributed by atoms with Crippen molar-refractivity contribution in [1.29, 1.82) is 15.8 Å². The highest BCUT2D eigenvalue weighted by molar-refractivity contribution is 5.64. The van der Waals surface area contributed by atoms with E-state index in [1.807, 2.05) is 0 Å². The fraction of sp³-hybridized carbons (Fsp3) is 0.0833. The Balaban J connectivity index is 3.27. The molecule has 0 saturated heterocycles. The Morgan fingerprint density at radius 2 is 1.80 bits per heavy atom. The van der Waals surface area contributed by atoms with Crippen molar-refractivity contribution in [2.75, 3.05) is 5.32 Å². The van der Waals surface area contributed by atoms with Crippen LogP contribution in [0.1, 0.15) is 0 Å². The maximum atomic E-state index is 13.4. The fourth-order valence-electron chi connectivity index (χ4n) is 1.23. The number of para-hydroxylation sites is 1. The van der Waals surface area contributed by atoms with E-state index < -0.39 is 29.4 Å². The van der Waals surface area contributed by atoms with E-state index in [0.29, 0.717) is 0 Å². The molecule has 0 saturated carbocycles. The summed E-state index contributed by atoms with van der Waals surface area (Å²) in [7, 11) is 0. The van der Waals surface area contributed by atoms with Crippen LogP contribution in [0.3, 0.4) is 0 Å². The molecule has 1 N–H and O–H groups in total. The number of rotatable bonds is 4. The van der Waals surface area contributed by atoms with Crippen LogP contribution in [0.15, 0.2) is 29.5 Å². The molecule has 100 valence electrons. The second-order valence-electron chi connectivity index (χ2n) is 3.21. The fourth-order valence-corrected chi connectivity index (χ4v) is 1.23. The molecule has 0 fully saturated rings. The molecule has 0 unspecified atom stereocenters. The van der Waals surface area contributed by atoms with Gasteiger partial charge < -0.3 is 10.1 Å². The van der Waals surface area contributed by atoms with Gasteiger partial charge in [0.25, 0.3) is 0 Å². The van der Waals surface area contributed by atoms with Gasteiger partial charge in [0, 0.05) is 0 Å². The van der Waals surface area contributed by atoms with Crippen LogP contribution >= 0.6 is 0 Å². The summed E-state index contributed by atoms with van der Waals surface area (Å²) in [5.74, 6) is -1.89. The normalized spacial score (nSPS) is 9.05. The number of hydrogen-bond acceptors (Lipinski definition) is 5. The second-order valence-corrected chi connectivity index (χ2v) is 3.21. The molecule has 1 aromatic carbocycles. The van der Waals surface area contributed by atoms with Crippen molar-refractivity contribution in [1.82, 2.24) is 0 Å². The molecule has 0 bridgehead atoms. The lowest BCUT2D eigenvalue weighted by Gasteiger charge is -2.12. The lowest BCUT2D eigenvalue weighted by Crippen LogP contribution is -2.08. The summed E-state index contributed by atoms with van der Waals surface area (Å²) in [5, 5.41) is 28.3. The number of hydrogen-bond donors (Lipinski definition) is 1. The third-order valence-corrected chi connectivity index (χ3v) is 2.02. The first-order valence-electron chi connectivity index (χ1n) is 4.98. The molecule has 0 spiro atoms. The van der Waals surface area contributed by atoms with Crippen molar-refractivity contribution in [3.63, 3.8) is 0 Å². The van der Waals surface area contributed by atoms with Crippen LogP contribution in [0.25, 0.3) is 0 Å². The zero-order valence-corrected chi connectivity index (χ0v) is 9.69. The van der Waals surface area contributed by atoms with Gasteiger partial charge in [-0.2, -0.15) is 24.6 Å². The number of anilines is 1. The predicted octanol–water partition coefficient (Wildman–Crippen LogP) is 2.66. The van der Waals surface area contributed by atoms with Crippen LogP contribution in [0.5, 0.6) is 5.75 Å². The monoisotopic (exact) mass is 278 g/mol. The zero-order chi connectivity index (χ0) is 15.1. The minimum absolute atomic E-state index is 0.301. The summed E-state index contributed by atoms with van der Waals surface area (Å²) in [6.45, 7) is -3.27. The van der Waals surface area contributed by atoms with Crippen LogP contribution in [0.4, 0.5) is 18.9 Å². The van der Waals surface area contributed by atoms with Gasteiger partial charge in [-0.15, -0.1) is 0 Å². The number of halogens is 3. The Morgan fingerprint density at radius 3 is 2.30 bits per heavy atom. The van der Waals surface area contributed by atoms with E-state index in [1.54, 1.807) is 0 Å². The first-order valence-corrected chi connectivity index (χ1v) is 4.98. The average molecular weight is 278 g/mol. The van der Waals surface area contributed by atoms with E-state index in [1.165, 1.54) is 24.3 Å². The minimum Gasteiger partial charge on any atom is -0.429 e. The summed E-state index contributed by atoms with van der Waals surface area (Å²) < 4.78 is 41.8. The van der Waals surface area contributed by atoms with E-state index in [2.05, 4.69) is 10.1 Å². The molecule has 1 aromatic rings. The van der Waals surface area contributed by atoms with Gasteiger partial charge in [-0.3, -0.25) is 0 Å². The molecule has 8 heteroatoms. The van der Waals surface area contributed by atoms with Crippen LogP contribution in [-0.4, -0.2) is 6.61 Å². The van der Waals surface area contributed by atoms with Gasteiger partial charge in [-0.05, 0) is 12.1 Å². The van der Waals surface area contributed by atoms with Gasteiger partial charge in [0.15, 0.2) is 17.1 Å². The smallest absolute Gasteiger partial charge is 0.387 e. The standard InChI is InChI=1S/C12H5F3N4O/c13-8-2-1-3-9(11(8)20-12(14)15)19-10(6-18)7(4-16)5-17/h1-3,12,19H. The lowest BCUT2D eigenvalue weighted by molar-refractivity contribution is -0.0516. The zero-order valence-electron chi connectivity index (χ0n) is 9.69. The maximum Gasteiger partial charge on any atom is 0.387 e. The number of benzene rings is 1. The van der Waals surface area contributed by atoms with Crippen molar-refractivity contribution in [2.24, 2.45) is 0 Å². The molecule has 0 amide bonds. The first kappa shape index (κ1) is 14.9. The minimum atomic E-state index is -3.27. The highest BCUT2D eigenvalue weighted by Gasteiger charge is 2.16. The quantitative estimate of drug-likeness (QED) is 0.854. The van der Waals surface area contributed by atoms with Gasteiger partial charge in [0.2, 0.25) is 0 Å². The molecule has 0 atom stereocenters. The number of nitrogens with one attached hydrogen (secondary N) is 1. The number of ether oxygens (including phenoxy) is 1. The predicted molar refractivity (Wildman–Crippen MR) is 60.5 cm³/mol. The van der Waals surface area contributed by atoms with Crippen molar-refractivity contribution in [3.05, 3.63) is 35.3 Å². The summed E-state index contributed by atoms with van der Waals surface area (Å²) in [6.07, 6.45) is 0. The lowest BCUT2D eigenvalue weighted by atomic mass is 10.2. The summed E-state index contributed by atoms with van der Waals surface area (Å²) in [6, 6.07) is 7.63. The molecular formula is C12H5F3N4O. The molecule has 0 radical (unpaired) electrons. The third-order valence-electron chi connectivity index (χ3n) is 2.02. The van der Waals surface area contributed by atoms with Gasteiger partial charge in [-0.25, -0.2) is 4.39 Å². The topological polar surface area (TPSA) is 92.6 Å². The van der Waals surface area contributed by atoms with Gasteiger partial charge in [0.05, 0.1) is 5.69 Å². The van der Waals surface area contributed by atoms with Crippen molar-refractivity contribution in [3.8, 4) is 24.0 Å². The van der Waals surface area contributed by atoms with Gasteiger partial charge >= 0.3 is 6.61 Å². The van der Waals surface area contributed by atoms with E-state index >= 15 is 0 Å². The van der Waals surface area contributed by atoms with Gasteiger partial charge in [-0.1, -0.05) is 6.07 Å². The number of nitriles is 3.